The number of halogens is 4. The Bertz CT molecular complexity index is 479. The standard InChI is InChI=1S/C8H6ClF3O2S/c1-5-4-6(15(9,13)14)2-3-7(5)8(10,11)12/h2-4H,1H3. The molecule has 0 spiro atoms. The van der Waals surface area contributed by atoms with Crippen LogP contribution in [0.15, 0.2) is 23.1 Å². The molecule has 0 heterocycles. The van der Waals surface area contributed by atoms with Gasteiger partial charge in [0.1, 0.15) is 0 Å². The molecule has 2 nitrogen and oxygen atoms in total. The molecular formula is C8H6ClF3O2S. The largest absolute Gasteiger partial charge is 0.416 e. The molecule has 0 N–H and O–H groups in total. The molecule has 0 aliphatic heterocycles. The lowest BCUT2D eigenvalue weighted by Gasteiger charge is -2.10. The van der Waals surface area contributed by atoms with Crippen LogP contribution in [-0.2, 0) is 15.2 Å². The van der Waals surface area contributed by atoms with Crippen LogP contribution in [0, 0.1) is 6.92 Å². The van der Waals surface area contributed by atoms with E-state index in [1.54, 1.807) is 0 Å². The van der Waals surface area contributed by atoms with Crippen LogP contribution in [0.3, 0.4) is 0 Å². The summed E-state index contributed by atoms with van der Waals surface area (Å²) in [5.41, 5.74) is -1.05. The Hall–Kier alpha value is -0.750. The molecule has 0 bridgehead atoms. The molecule has 7 heteroatoms. The van der Waals surface area contributed by atoms with E-state index >= 15 is 0 Å². The molecule has 15 heavy (non-hydrogen) atoms. The van der Waals surface area contributed by atoms with Crippen LogP contribution < -0.4 is 0 Å². The highest BCUT2D eigenvalue weighted by Crippen LogP contribution is 2.33. The van der Waals surface area contributed by atoms with Crippen LogP contribution in [0.5, 0.6) is 0 Å². The number of aryl methyl sites for hydroxylation is 1. The second kappa shape index (κ2) is 3.68. The lowest BCUT2D eigenvalue weighted by molar-refractivity contribution is -0.138. The minimum atomic E-state index is -4.49. The van der Waals surface area contributed by atoms with E-state index in [0.29, 0.717) is 6.07 Å². The quantitative estimate of drug-likeness (QED) is 0.726. The number of hydrogen-bond donors (Lipinski definition) is 0. The van der Waals surface area contributed by atoms with Gasteiger partial charge in [0.05, 0.1) is 10.5 Å². The highest BCUT2D eigenvalue weighted by atomic mass is 35.7. The molecule has 0 saturated heterocycles. The molecule has 0 aliphatic rings. The third kappa shape index (κ3) is 2.85. The van der Waals surface area contributed by atoms with E-state index in [0.717, 1.165) is 12.1 Å². The van der Waals surface area contributed by atoms with Gasteiger partial charge in [-0.25, -0.2) is 8.42 Å². The summed E-state index contributed by atoms with van der Waals surface area (Å²) in [4.78, 5) is -0.338. The van der Waals surface area contributed by atoms with E-state index in [1.165, 1.54) is 6.92 Å². The average Bonchev–Trinajstić information content (AvgIpc) is 1.99. The molecule has 1 aromatic carbocycles. The van der Waals surface area contributed by atoms with Crippen molar-refractivity contribution < 1.29 is 21.6 Å². The summed E-state index contributed by atoms with van der Waals surface area (Å²) in [5, 5.41) is 0. The lowest BCUT2D eigenvalue weighted by Crippen LogP contribution is -2.08. The Morgan fingerprint density at radius 2 is 1.80 bits per heavy atom. The average molecular weight is 259 g/mol. The number of hydrogen-bond acceptors (Lipinski definition) is 2. The molecule has 0 saturated carbocycles. The molecule has 0 fully saturated rings. The number of alkyl halides is 3. The van der Waals surface area contributed by atoms with Crippen LogP contribution >= 0.6 is 10.7 Å². The van der Waals surface area contributed by atoms with Crippen molar-refractivity contribution in [1.82, 2.24) is 0 Å². The smallest absolute Gasteiger partial charge is 0.207 e. The van der Waals surface area contributed by atoms with Gasteiger partial charge in [0.2, 0.25) is 0 Å². The third-order valence-electron chi connectivity index (χ3n) is 1.78. The lowest BCUT2D eigenvalue weighted by atomic mass is 10.1. The Labute approximate surface area is 89.1 Å². The van der Waals surface area contributed by atoms with Gasteiger partial charge >= 0.3 is 6.18 Å². The van der Waals surface area contributed by atoms with E-state index in [2.05, 4.69) is 0 Å². The first-order valence-electron chi connectivity index (χ1n) is 3.75. The van der Waals surface area contributed by atoms with Crippen molar-refractivity contribution >= 4 is 19.7 Å². The van der Waals surface area contributed by atoms with Gasteiger partial charge in [-0.05, 0) is 30.7 Å². The van der Waals surface area contributed by atoms with Crippen molar-refractivity contribution in [3.63, 3.8) is 0 Å². The highest BCUT2D eigenvalue weighted by molar-refractivity contribution is 8.13. The molecule has 0 unspecified atom stereocenters. The van der Waals surface area contributed by atoms with Gasteiger partial charge in [0.25, 0.3) is 9.05 Å². The maximum atomic E-state index is 12.3. The summed E-state index contributed by atoms with van der Waals surface area (Å²) >= 11 is 0. The van der Waals surface area contributed by atoms with Crippen molar-refractivity contribution in [1.29, 1.82) is 0 Å². The summed E-state index contributed by atoms with van der Waals surface area (Å²) in [5.74, 6) is 0. The Morgan fingerprint density at radius 1 is 1.27 bits per heavy atom. The molecule has 1 rings (SSSR count). The van der Waals surface area contributed by atoms with Gasteiger partial charge < -0.3 is 0 Å². The topological polar surface area (TPSA) is 34.1 Å². The predicted octanol–water partition coefficient (Wildman–Crippen LogP) is 2.94. The predicted molar refractivity (Wildman–Crippen MR) is 49.2 cm³/mol. The zero-order valence-electron chi connectivity index (χ0n) is 7.47. The van der Waals surface area contributed by atoms with Gasteiger partial charge in [0, 0.05) is 10.7 Å². The first-order chi connectivity index (χ1) is 6.62. The third-order valence-corrected chi connectivity index (χ3v) is 3.14. The first kappa shape index (κ1) is 12.3. The Morgan fingerprint density at radius 3 is 2.13 bits per heavy atom. The molecule has 1 aromatic rings. The van der Waals surface area contributed by atoms with E-state index in [1.807, 2.05) is 0 Å². The van der Waals surface area contributed by atoms with E-state index in [4.69, 9.17) is 10.7 Å². The molecule has 0 aromatic heterocycles. The second-order valence-corrected chi connectivity index (χ2v) is 5.48. The minimum Gasteiger partial charge on any atom is -0.207 e. The van der Waals surface area contributed by atoms with E-state index in [9.17, 15) is 21.6 Å². The van der Waals surface area contributed by atoms with Crippen molar-refractivity contribution in [2.24, 2.45) is 0 Å². The van der Waals surface area contributed by atoms with Gasteiger partial charge in [0.15, 0.2) is 0 Å². The number of benzene rings is 1. The minimum absolute atomic E-state index is 0.177. The normalized spacial score (nSPS) is 12.9. The molecule has 0 amide bonds. The maximum absolute atomic E-state index is 12.3. The van der Waals surface area contributed by atoms with Crippen LogP contribution in [0.4, 0.5) is 13.2 Å². The maximum Gasteiger partial charge on any atom is 0.416 e. The SMILES string of the molecule is Cc1cc(S(=O)(=O)Cl)ccc1C(F)(F)F. The Kier molecular flexibility index (Phi) is 3.02. The fraction of sp³-hybridized carbons (Fsp3) is 0.250. The van der Waals surface area contributed by atoms with Crippen LogP contribution in [-0.4, -0.2) is 8.42 Å². The van der Waals surface area contributed by atoms with E-state index < -0.39 is 20.8 Å². The molecule has 0 aliphatic carbocycles. The molecular weight excluding hydrogens is 253 g/mol. The summed E-state index contributed by atoms with van der Waals surface area (Å²) in [6.45, 7) is 1.17. The first-order valence-corrected chi connectivity index (χ1v) is 6.06. The van der Waals surface area contributed by atoms with E-state index in [-0.39, 0.29) is 10.5 Å². The van der Waals surface area contributed by atoms with Crippen molar-refractivity contribution in [3.05, 3.63) is 29.3 Å². The zero-order chi connectivity index (χ0) is 11.9. The summed E-state index contributed by atoms with van der Waals surface area (Å²) in [6.07, 6.45) is -4.49. The van der Waals surface area contributed by atoms with Crippen LogP contribution in [0.25, 0.3) is 0 Å². The van der Waals surface area contributed by atoms with Gasteiger partial charge in [-0.2, -0.15) is 13.2 Å². The summed E-state index contributed by atoms with van der Waals surface area (Å²) < 4.78 is 58.5. The fourth-order valence-corrected chi connectivity index (χ4v) is 1.94. The molecule has 0 radical (unpaired) electrons. The van der Waals surface area contributed by atoms with Crippen LogP contribution in [0.1, 0.15) is 11.1 Å². The van der Waals surface area contributed by atoms with Gasteiger partial charge in [-0.15, -0.1) is 0 Å². The summed E-state index contributed by atoms with van der Waals surface area (Å²) in [7, 11) is 1.01. The van der Waals surface area contributed by atoms with Crippen molar-refractivity contribution in [3.8, 4) is 0 Å². The fourth-order valence-electron chi connectivity index (χ4n) is 1.11. The monoisotopic (exact) mass is 258 g/mol. The molecule has 0 atom stereocenters. The number of rotatable bonds is 1. The zero-order valence-corrected chi connectivity index (χ0v) is 9.04. The summed E-state index contributed by atoms with van der Waals surface area (Å²) in [6, 6.07) is 2.42. The van der Waals surface area contributed by atoms with Gasteiger partial charge in [-0.3, -0.25) is 0 Å². The Balaban J connectivity index is 3.34. The van der Waals surface area contributed by atoms with Crippen LogP contribution in [0.2, 0.25) is 0 Å². The highest BCUT2D eigenvalue weighted by Gasteiger charge is 2.32. The van der Waals surface area contributed by atoms with Crippen molar-refractivity contribution in [2.75, 3.05) is 0 Å². The van der Waals surface area contributed by atoms with Crippen molar-refractivity contribution in [2.45, 2.75) is 18.0 Å². The molecule has 84 valence electrons. The van der Waals surface area contributed by atoms with Gasteiger partial charge in [-0.1, -0.05) is 0 Å². The second-order valence-electron chi connectivity index (χ2n) is 2.91.